The third-order valence-corrected chi connectivity index (χ3v) is 8.65. The first-order valence-corrected chi connectivity index (χ1v) is 15.1. The van der Waals surface area contributed by atoms with Crippen LogP contribution in [0.2, 0.25) is 0 Å². The number of hydrogen-bond acceptors (Lipinski definition) is 6. The number of carbonyl (C=O) groups is 1. The first-order valence-electron chi connectivity index (χ1n) is 13.4. The predicted molar refractivity (Wildman–Crippen MR) is 157 cm³/mol. The molecule has 3 aromatic rings. The van der Waals surface area contributed by atoms with Gasteiger partial charge in [0.1, 0.15) is 5.92 Å². The van der Waals surface area contributed by atoms with Crippen LogP contribution in [-0.2, 0) is 21.4 Å². The van der Waals surface area contributed by atoms with Crippen LogP contribution in [0.4, 0.5) is 17.1 Å². The molecule has 2 aliphatic rings. The molecule has 0 saturated carbocycles. The van der Waals surface area contributed by atoms with Gasteiger partial charge in [-0.3, -0.25) is 19.4 Å². The number of amides is 1. The molecule has 1 atom stereocenters. The molecule has 0 aliphatic carbocycles. The van der Waals surface area contributed by atoms with Gasteiger partial charge in [-0.1, -0.05) is 49.4 Å². The van der Waals surface area contributed by atoms with E-state index in [1.54, 1.807) is 18.2 Å². The molecule has 0 bridgehead atoms. The second-order valence-electron chi connectivity index (χ2n) is 10.3. The number of rotatable bonds is 9. The summed E-state index contributed by atoms with van der Waals surface area (Å²) in [5.41, 5.74) is 5.24. The van der Waals surface area contributed by atoms with Crippen LogP contribution < -0.4 is 10.0 Å². The van der Waals surface area contributed by atoms with E-state index >= 15 is 0 Å². The quantitative estimate of drug-likeness (QED) is 0.388. The lowest BCUT2D eigenvalue weighted by Crippen LogP contribution is -2.43. The number of aliphatic imine (C=N–C) groups is 1. The van der Waals surface area contributed by atoms with Crippen LogP contribution in [0.5, 0.6) is 0 Å². The fourth-order valence-electron chi connectivity index (χ4n) is 5.08. The highest BCUT2D eigenvalue weighted by molar-refractivity contribution is 7.92. The van der Waals surface area contributed by atoms with Crippen molar-refractivity contribution in [2.24, 2.45) is 4.99 Å². The van der Waals surface area contributed by atoms with Gasteiger partial charge in [0, 0.05) is 44.1 Å². The number of benzene rings is 3. The Labute approximate surface area is 230 Å². The molecular formula is C30H35N5O3S. The lowest BCUT2D eigenvalue weighted by atomic mass is 9.90. The van der Waals surface area contributed by atoms with Crippen LogP contribution in [0, 0.1) is 0 Å². The molecule has 9 heteroatoms. The van der Waals surface area contributed by atoms with Gasteiger partial charge in [0.25, 0.3) is 0 Å². The molecule has 0 radical (unpaired) electrons. The highest BCUT2D eigenvalue weighted by atomic mass is 32.2. The summed E-state index contributed by atoms with van der Waals surface area (Å²) in [6, 6.07) is 23.0. The Balaban J connectivity index is 1.46. The Hall–Kier alpha value is -3.53. The van der Waals surface area contributed by atoms with Crippen molar-refractivity contribution in [2.45, 2.75) is 25.8 Å². The monoisotopic (exact) mass is 545 g/mol. The predicted octanol–water partition coefficient (Wildman–Crippen LogP) is 4.44. The maximum absolute atomic E-state index is 13.3. The average Bonchev–Trinajstić information content (AvgIpc) is 3.24. The van der Waals surface area contributed by atoms with E-state index in [0.717, 1.165) is 44.0 Å². The first-order chi connectivity index (χ1) is 18.8. The Kier molecular flexibility index (Phi) is 8.11. The summed E-state index contributed by atoms with van der Waals surface area (Å²) in [7, 11) is -1.31. The van der Waals surface area contributed by atoms with Crippen LogP contribution in [-0.4, -0.2) is 68.8 Å². The van der Waals surface area contributed by atoms with Crippen LogP contribution in [0.25, 0.3) is 0 Å². The van der Waals surface area contributed by atoms with Crippen LogP contribution in [0.3, 0.4) is 0 Å². The lowest BCUT2D eigenvalue weighted by molar-refractivity contribution is -0.115. The maximum Gasteiger partial charge on any atom is 0.238 e. The molecule has 0 aromatic heterocycles. The number of hydrogen-bond donors (Lipinski definition) is 2. The van der Waals surface area contributed by atoms with Crippen LogP contribution in [0.1, 0.15) is 36.0 Å². The second kappa shape index (κ2) is 11.7. The summed E-state index contributed by atoms with van der Waals surface area (Å²) < 4.78 is 27.4. The number of sulfonamides is 1. The van der Waals surface area contributed by atoms with Gasteiger partial charge in [0.15, 0.2) is 0 Å². The zero-order chi connectivity index (χ0) is 27.4. The van der Waals surface area contributed by atoms with Crippen molar-refractivity contribution in [3.8, 4) is 0 Å². The molecule has 39 heavy (non-hydrogen) atoms. The Bertz CT molecular complexity index is 1450. The van der Waals surface area contributed by atoms with Crippen LogP contribution >= 0.6 is 0 Å². The SMILES string of the molecule is CCCS(=O)(=O)Nc1ccc2c(c1)C(C(=Nc1ccc(CN3CCN(C)CC3)cc1)c1ccccc1)C(=O)N2. The lowest BCUT2D eigenvalue weighted by Gasteiger charge is -2.32. The molecule has 1 fully saturated rings. The molecule has 5 rings (SSSR count). The third kappa shape index (κ3) is 6.55. The van der Waals surface area contributed by atoms with E-state index in [9.17, 15) is 13.2 Å². The minimum atomic E-state index is -3.46. The van der Waals surface area contributed by atoms with Crippen molar-refractivity contribution in [3.05, 3.63) is 89.5 Å². The van der Waals surface area contributed by atoms with Gasteiger partial charge in [-0.15, -0.1) is 0 Å². The number of piperazine rings is 1. The smallest absolute Gasteiger partial charge is 0.238 e. The highest BCUT2D eigenvalue weighted by Crippen LogP contribution is 2.38. The van der Waals surface area contributed by atoms with Crippen molar-refractivity contribution in [1.82, 2.24) is 9.80 Å². The van der Waals surface area contributed by atoms with Crippen molar-refractivity contribution >= 4 is 38.7 Å². The maximum atomic E-state index is 13.3. The van der Waals surface area contributed by atoms with Gasteiger partial charge in [-0.05, 0) is 60.5 Å². The van der Waals surface area contributed by atoms with Crippen molar-refractivity contribution in [1.29, 1.82) is 0 Å². The zero-order valence-corrected chi connectivity index (χ0v) is 23.2. The Morgan fingerprint density at radius 2 is 1.72 bits per heavy atom. The van der Waals surface area contributed by atoms with E-state index in [1.165, 1.54) is 5.56 Å². The molecular weight excluding hydrogens is 510 g/mol. The minimum absolute atomic E-state index is 0.0339. The minimum Gasteiger partial charge on any atom is -0.325 e. The fourth-order valence-corrected chi connectivity index (χ4v) is 6.21. The third-order valence-electron chi connectivity index (χ3n) is 7.16. The van der Waals surface area contributed by atoms with E-state index in [2.05, 4.69) is 39.0 Å². The van der Waals surface area contributed by atoms with E-state index in [0.29, 0.717) is 29.1 Å². The number of carbonyl (C=O) groups excluding carboxylic acids is 1. The summed E-state index contributed by atoms with van der Waals surface area (Å²) in [5.74, 6) is -0.831. The number of anilines is 2. The molecule has 3 aromatic carbocycles. The van der Waals surface area contributed by atoms with Gasteiger partial charge >= 0.3 is 0 Å². The van der Waals surface area contributed by atoms with E-state index < -0.39 is 15.9 Å². The topological polar surface area (TPSA) is 94.1 Å². The first kappa shape index (κ1) is 27.1. The Morgan fingerprint density at radius 1 is 1.00 bits per heavy atom. The summed E-state index contributed by atoms with van der Waals surface area (Å²) in [6.45, 7) is 6.99. The average molecular weight is 546 g/mol. The zero-order valence-electron chi connectivity index (χ0n) is 22.4. The summed E-state index contributed by atoms with van der Waals surface area (Å²) in [6.07, 6.45) is 0.516. The standard InChI is InChI=1S/C30H35N5O3S/c1-3-19-39(37,38)33-25-13-14-27-26(20-25)28(30(36)32-27)29(23-7-5-4-6-8-23)31-24-11-9-22(10-12-24)21-35-17-15-34(2)16-18-35/h4-14,20,28,33H,3,15-19,21H2,1-2H3,(H,32,36). The van der Waals surface area contributed by atoms with Crippen molar-refractivity contribution < 1.29 is 13.2 Å². The highest BCUT2D eigenvalue weighted by Gasteiger charge is 2.36. The van der Waals surface area contributed by atoms with E-state index in [1.807, 2.05) is 49.4 Å². The second-order valence-corrected chi connectivity index (χ2v) is 12.1. The van der Waals surface area contributed by atoms with Crippen LogP contribution in [0.15, 0.2) is 77.8 Å². The van der Waals surface area contributed by atoms with Gasteiger partial charge in [0.2, 0.25) is 15.9 Å². The Morgan fingerprint density at radius 3 is 2.41 bits per heavy atom. The molecule has 8 nitrogen and oxygen atoms in total. The summed E-state index contributed by atoms with van der Waals surface area (Å²) in [4.78, 5) is 23.1. The van der Waals surface area contributed by atoms with Gasteiger partial charge in [-0.2, -0.15) is 0 Å². The van der Waals surface area contributed by atoms with E-state index in [4.69, 9.17) is 4.99 Å². The van der Waals surface area contributed by atoms with Crippen molar-refractivity contribution in [2.75, 3.05) is 49.0 Å². The number of fused-ring (bicyclic) bond motifs is 1. The summed E-state index contributed by atoms with van der Waals surface area (Å²) >= 11 is 0. The normalized spacial score (nSPS) is 18.6. The van der Waals surface area contributed by atoms with Gasteiger partial charge in [-0.25, -0.2) is 8.42 Å². The molecule has 1 amide bonds. The largest absolute Gasteiger partial charge is 0.325 e. The molecule has 0 spiro atoms. The summed E-state index contributed by atoms with van der Waals surface area (Å²) in [5, 5.41) is 2.95. The molecule has 2 heterocycles. The molecule has 2 aliphatic heterocycles. The number of nitrogens with zero attached hydrogens (tertiary/aromatic N) is 3. The molecule has 2 N–H and O–H groups in total. The fraction of sp³-hybridized carbons (Fsp3) is 0.333. The molecule has 204 valence electrons. The number of nitrogens with one attached hydrogen (secondary N) is 2. The van der Waals surface area contributed by atoms with Gasteiger partial charge in [0.05, 0.1) is 17.2 Å². The van der Waals surface area contributed by atoms with Gasteiger partial charge < -0.3 is 10.2 Å². The van der Waals surface area contributed by atoms with E-state index in [-0.39, 0.29) is 11.7 Å². The number of likely N-dealkylation sites (N-methyl/N-ethyl adjacent to an activating group) is 1. The molecule has 1 saturated heterocycles. The van der Waals surface area contributed by atoms with Crippen molar-refractivity contribution in [3.63, 3.8) is 0 Å². The molecule has 1 unspecified atom stereocenters.